The highest BCUT2D eigenvalue weighted by molar-refractivity contribution is 5.42. The second-order valence-corrected chi connectivity index (χ2v) is 4.51. The van der Waals surface area contributed by atoms with Crippen LogP contribution in [-0.4, -0.2) is 24.2 Å². The number of nitrogens with one attached hydrogen (secondary N) is 2. The zero-order valence-corrected chi connectivity index (χ0v) is 12.1. The molecule has 2 N–H and O–H groups in total. The van der Waals surface area contributed by atoms with E-state index in [0.717, 1.165) is 35.9 Å². The minimum atomic E-state index is 0.220. The topological polar surface area (TPSA) is 59.2 Å². The van der Waals surface area contributed by atoms with Crippen LogP contribution < -0.4 is 14.8 Å². The summed E-state index contributed by atoms with van der Waals surface area (Å²) in [6.45, 7) is 2.88. The standard InChI is InChI=1S/C15H21N3O2/c1-4-12(15-16-7-8-17-15)18-10-11-5-6-13(19-2)14(9-11)20-3/h5-9,12,18H,4,10H2,1-3H3,(H,16,17). The third-order valence-corrected chi connectivity index (χ3v) is 3.26. The third kappa shape index (κ3) is 3.30. The average molecular weight is 275 g/mol. The first-order chi connectivity index (χ1) is 9.78. The maximum atomic E-state index is 5.31. The second kappa shape index (κ2) is 6.96. The van der Waals surface area contributed by atoms with Crippen LogP contribution in [0, 0.1) is 0 Å². The SMILES string of the molecule is CCC(NCc1ccc(OC)c(OC)c1)c1ncc[nH]1. The van der Waals surface area contributed by atoms with Gasteiger partial charge in [0.15, 0.2) is 11.5 Å². The fourth-order valence-corrected chi connectivity index (χ4v) is 2.13. The Balaban J connectivity index is 2.03. The molecule has 5 heteroatoms. The number of methoxy groups -OCH3 is 2. The van der Waals surface area contributed by atoms with Gasteiger partial charge in [-0.25, -0.2) is 4.98 Å². The van der Waals surface area contributed by atoms with Crippen molar-refractivity contribution < 1.29 is 9.47 Å². The monoisotopic (exact) mass is 275 g/mol. The Bertz CT molecular complexity index is 526. The van der Waals surface area contributed by atoms with Gasteiger partial charge in [-0.3, -0.25) is 0 Å². The van der Waals surface area contributed by atoms with Gasteiger partial charge in [0.1, 0.15) is 5.82 Å². The largest absolute Gasteiger partial charge is 0.493 e. The van der Waals surface area contributed by atoms with Gasteiger partial charge in [-0.2, -0.15) is 0 Å². The van der Waals surface area contributed by atoms with E-state index in [2.05, 4.69) is 22.2 Å². The molecule has 5 nitrogen and oxygen atoms in total. The van der Waals surface area contributed by atoms with Gasteiger partial charge in [0.05, 0.1) is 20.3 Å². The molecule has 1 atom stereocenters. The van der Waals surface area contributed by atoms with Crippen LogP contribution in [0.1, 0.15) is 30.8 Å². The molecule has 1 heterocycles. The van der Waals surface area contributed by atoms with Gasteiger partial charge < -0.3 is 19.8 Å². The van der Waals surface area contributed by atoms with Gasteiger partial charge in [-0.15, -0.1) is 0 Å². The number of hydrogen-bond donors (Lipinski definition) is 2. The van der Waals surface area contributed by atoms with Crippen LogP contribution in [0.25, 0.3) is 0 Å². The predicted molar refractivity (Wildman–Crippen MR) is 78.0 cm³/mol. The molecule has 20 heavy (non-hydrogen) atoms. The number of ether oxygens (including phenoxy) is 2. The van der Waals surface area contributed by atoms with Crippen LogP contribution in [-0.2, 0) is 6.54 Å². The smallest absolute Gasteiger partial charge is 0.161 e. The highest BCUT2D eigenvalue weighted by Crippen LogP contribution is 2.27. The predicted octanol–water partition coefficient (Wildman–Crippen LogP) is 2.67. The lowest BCUT2D eigenvalue weighted by Crippen LogP contribution is -2.21. The first-order valence-corrected chi connectivity index (χ1v) is 6.72. The van der Waals surface area contributed by atoms with E-state index >= 15 is 0 Å². The van der Waals surface area contributed by atoms with Crippen molar-refractivity contribution in [3.05, 3.63) is 42.0 Å². The highest BCUT2D eigenvalue weighted by atomic mass is 16.5. The highest BCUT2D eigenvalue weighted by Gasteiger charge is 2.11. The molecule has 1 unspecified atom stereocenters. The Morgan fingerprint density at radius 3 is 2.65 bits per heavy atom. The summed E-state index contributed by atoms with van der Waals surface area (Å²) >= 11 is 0. The van der Waals surface area contributed by atoms with E-state index in [-0.39, 0.29) is 6.04 Å². The zero-order chi connectivity index (χ0) is 14.4. The molecular formula is C15H21N3O2. The number of H-pyrrole nitrogens is 1. The zero-order valence-electron chi connectivity index (χ0n) is 12.1. The fourth-order valence-electron chi connectivity index (χ4n) is 2.13. The number of hydrogen-bond acceptors (Lipinski definition) is 4. The van der Waals surface area contributed by atoms with E-state index in [1.807, 2.05) is 24.4 Å². The summed E-state index contributed by atoms with van der Waals surface area (Å²) in [6.07, 6.45) is 4.59. The lowest BCUT2D eigenvalue weighted by Gasteiger charge is -2.15. The molecule has 1 aromatic heterocycles. The lowest BCUT2D eigenvalue weighted by molar-refractivity contribution is 0.354. The van der Waals surface area contributed by atoms with Crippen LogP contribution in [0.4, 0.5) is 0 Å². The van der Waals surface area contributed by atoms with Crippen molar-refractivity contribution in [2.24, 2.45) is 0 Å². The summed E-state index contributed by atoms with van der Waals surface area (Å²) in [5.74, 6) is 2.46. The van der Waals surface area contributed by atoms with Crippen molar-refractivity contribution in [3.8, 4) is 11.5 Å². The van der Waals surface area contributed by atoms with E-state index in [4.69, 9.17) is 9.47 Å². The molecule has 0 aliphatic rings. The van der Waals surface area contributed by atoms with Crippen molar-refractivity contribution in [3.63, 3.8) is 0 Å². The fraction of sp³-hybridized carbons (Fsp3) is 0.400. The second-order valence-electron chi connectivity index (χ2n) is 4.51. The van der Waals surface area contributed by atoms with E-state index < -0.39 is 0 Å². The Labute approximate surface area is 119 Å². The van der Waals surface area contributed by atoms with Crippen molar-refractivity contribution in [2.45, 2.75) is 25.9 Å². The minimum absolute atomic E-state index is 0.220. The Kier molecular flexibility index (Phi) is 5.01. The van der Waals surface area contributed by atoms with Crippen LogP contribution in [0.3, 0.4) is 0 Å². The third-order valence-electron chi connectivity index (χ3n) is 3.26. The van der Waals surface area contributed by atoms with Gasteiger partial charge in [0, 0.05) is 18.9 Å². The summed E-state index contributed by atoms with van der Waals surface area (Å²) < 4.78 is 10.5. The molecule has 108 valence electrons. The van der Waals surface area contributed by atoms with Crippen molar-refractivity contribution >= 4 is 0 Å². The molecule has 0 saturated carbocycles. The Hall–Kier alpha value is -2.01. The van der Waals surface area contributed by atoms with Gasteiger partial charge in [-0.1, -0.05) is 13.0 Å². The number of aromatic amines is 1. The van der Waals surface area contributed by atoms with Crippen molar-refractivity contribution in [1.82, 2.24) is 15.3 Å². The molecule has 0 aliphatic heterocycles. The molecule has 0 amide bonds. The van der Waals surface area contributed by atoms with Crippen molar-refractivity contribution in [2.75, 3.05) is 14.2 Å². The molecule has 0 fully saturated rings. The maximum Gasteiger partial charge on any atom is 0.161 e. The van der Waals surface area contributed by atoms with E-state index in [9.17, 15) is 0 Å². The molecule has 0 radical (unpaired) electrons. The Morgan fingerprint density at radius 1 is 1.25 bits per heavy atom. The molecule has 0 aliphatic carbocycles. The summed E-state index contributed by atoms with van der Waals surface area (Å²) in [5, 5.41) is 3.49. The number of benzene rings is 1. The average Bonchev–Trinajstić information content (AvgIpc) is 3.02. The van der Waals surface area contributed by atoms with Crippen LogP contribution in [0.15, 0.2) is 30.6 Å². The minimum Gasteiger partial charge on any atom is -0.493 e. The normalized spacial score (nSPS) is 12.2. The van der Waals surface area contributed by atoms with E-state index in [1.54, 1.807) is 20.4 Å². The molecule has 0 saturated heterocycles. The number of aromatic nitrogens is 2. The van der Waals surface area contributed by atoms with Crippen LogP contribution >= 0.6 is 0 Å². The molecular weight excluding hydrogens is 254 g/mol. The van der Waals surface area contributed by atoms with Crippen LogP contribution in [0.2, 0.25) is 0 Å². The summed E-state index contributed by atoms with van der Waals surface area (Å²) in [7, 11) is 3.28. The van der Waals surface area contributed by atoms with E-state index in [1.165, 1.54) is 0 Å². The number of imidazole rings is 1. The molecule has 0 spiro atoms. The summed E-state index contributed by atoms with van der Waals surface area (Å²) in [4.78, 5) is 7.44. The van der Waals surface area contributed by atoms with Crippen LogP contribution in [0.5, 0.6) is 11.5 Å². The van der Waals surface area contributed by atoms with Crippen molar-refractivity contribution in [1.29, 1.82) is 0 Å². The quantitative estimate of drug-likeness (QED) is 0.815. The molecule has 0 bridgehead atoms. The molecule has 1 aromatic carbocycles. The Morgan fingerprint density at radius 2 is 2.05 bits per heavy atom. The van der Waals surface area contributed by atoms with Gasteiger partial charge >= 0.3 is 0 Å². The first-order valence-electron chi connectivity index (χ1n) is 6.72. The van der Waals surface area contributed by atoms with Gasteiger partial charge in [0.2, 0.25) is 0 Å². The van der Waals surface area contributed by atoms with Gasteiger partial charge in [0.25, 0.3) is 0 Å². The van der Waals surface area contributed by atoms with E-state index in [0.29, 0.717) is 0 Å². The first kappa shape index (κ1) is 14.4. The summed E-state index contributed by atoms with van der Waals surface area (Å²) in [6, 6.07) is 6.16. The number of nitrogens with zero attached hydrogens (tertiary/aromatic N) is 1. The molecule has 2 rings (SSSR count). The summed E-state index contributed by atoms with van der Waals surface area (Å²) in [5.41, 5.74) is 1.15. The lowest BCUT2D eigenvalue weighted by atomic mass is 10.1. The molecule has 2 aromatic rings. The number of rotatable bonds is 7. The maximum absolute atomic E-state index is 5.31. The van der Waals surface area contributed by atoms with Gasteiger partial charge in [-0.05, 0) is 24.1 Å².